The van der Waals surface area contributed by atoms with Crippen LogP contribution in [0.25, 0.3) is 0 Å². The Labute approximate surface area is 144 Å². The van der Waals surface area contributed by atoms with Gasteiger partial charge < -0.3 is 19.6 Å². The first kappa shape index (κ1) is 17.5. The highest BCUT2D eigenvalue weighted by Gasteiger charge is 2.30. The van der Waals surface area contributed by atoms with Gasteiger partial charge in [0.2, 0.25) is 0 Å². The second-order valence-electron chi connectivity index (χ2n) is 6.07. The van der Waals surface area contributed by atoms with Gasteiger partial charge in [-0.25, -0.2) is 9.18 Å². The lowest BCUT2D eigenvalue weighted by Crippen LogP contribution is -2.50. The number of aromatic nitrogens is 2. The Bertz CT molecular complexity index is 760. The molecule has 1 aromatic heterocycles. The van der Waals surface area contributed by atoms with Crippen LogP contribution < -0.4 is 15.2 Å². The SMILES string of the molecule is COc1cc(F)ccc1O[C@@H]1CN(CCn2cc[nH]c2=O)CC[C@H]1O. The van der Waals surface area contributed by atoms with Gasteiger partial charge in [-0.2, -0.15) is 0 Å². The molecule has 0 aliphatic carbocycles. The van der Waals surface area contributed by atoms with Crippen LogP contribution in [0, 0.1) is 5.82 Å². The number of methoxy groups -OCH3 is 1. The summed E-state index contributed by atoms with van der Waals surface area (Å²) in [5, 5.41) is 10.2. The van der Waals surface area contributed by atoms with Crippen molar-refractivity contribution in [2.24, 2.45) is 0 Å². The summed E-state index contributed by atoms with van der Waals surface area (Å²) in [5.74, 6) is 0.284. The van der Waals surface area contributed by atoms with Gasteiger partial charge in [-0.3, -0.25) is 9.47 Å². The van der Waals surface area contributed by atoms with Crippen LogP contribution in [0.3, 0.4) is 0 Å². The largest absolute Gasteiger partial charge is 0.493 e. The predicted octanol–water partition coefficient (Wildman–Crippen LogP) is 0.838. The standard InChI is InChI=1S/C17H22FN3O4/c1-24-15-10-12(18)2-3-14(15)25-16-11-20(6-4-13(16)22)8-9-21-7-5-19-17(21)23/h2-3,5,7,10,13,16,22H,4,6,8-9,11H2,1H3,(H,19,23)/t13-,16-/m1/s1. The van der Waals surface area contributed by atoms with Crippen molar-refractivity contribution in [2.45, 2.75) is 25.2 Å². The van der Waals surface area contributed by atoms with Crippen molar-refractivity contribution < 1.29 is 19.0 Å². The molecule has 2 aromatic rings. The van der Waals surface area contributed by atoms with Gasteiger partial charge in [-0.05, 0) is 18.6 Å². The molecule has 2 heterocycles. The van der Waals surface area contributed by atoms with Crippen molar-refractivity contribution in [3.8, 4) is 11.5 Å². The van der Waals surface area contributed by atoms with Crippen LogP contribution in [0.4, 0.5) is 4.39 Å². The maximum Gasteiger partial charge on any atom is 0.325 e. The quantitative estimate of drug-likeness (QED) is 0.806. The van der Waals surface area contributed by atoms with Crippen molar-refractivity contribution in [2.75, 3.05) is 26.7 Å². The van der Waals surface area contributed by atoms with E-state index in [0.717, 1.165) is 6.54 Å². The number of aromatic amines is 1. The Morgan fingerprint density at radius 3 is 2.92 bits per heavy atom. The molecule has 2 atom stereocenters. The van der Waals surface area contributed by atoms with E-state index in [-0.39, 0.29) is 5.69 Å². The number of benzene rings is 1. The molecule has 1 fully saturated rings. The summed E-state index contributed by atoms with van der Waals surface area (Å²) < 4.78 is 25.9. The number of rotatable bonds is 6. The minimum Gasteiger partial charge on any atom is -0.493 e. The number of nitrogens with zero attached hydrogens (tertiary/aromatic N) is 2. The van der Waals surface area contributed by atoms with Gasteiger partial charge in [0.1, 0.15) is 11.9 Å². The molecular weight excluding hydrogens is 329 g/mol. The number of halogens is 1. The Morgan fingerprint density at radius 1 is 1.36 bits per heavy atom. The molecule has 0 spiro atoms. The van der Waals surface area contributed by atoms with Gasteiger partial charge in [-0.1, -0.05) is 0 Å². The highest BCUT2D eigenvalue weighted by molar-refractivity contribution is 5.40. The fourth-order valence-corrected chi connectivity index (χ4v) is 2.96. The predicted molar refractivity (Wildman–Crippen MR) is 89.5 cm³/mol. The maximum absolute atomic E-state index is 13.3. The molecule has 25 heavy (non-hydrogen) atoms. The zero-order valence-corrected chi connectivity index (χ0v) is 14.0. The Morgan fingerprint density at radius 2 is 2.20 bits per heavy atom. The van der Waals surface area contributed by atoms with E-state index < -0.39 is 18.0 Å². The molecule has 0 unspecified atom stereocenters. The number of H-pyrrole nitrogens is 1. The van der Waals surface area contributed by atoms with Crippen molar-refractivity contribution in [1.29, 1.82) is 0 Å². The number of hydrogen-bond donors (Lipinski definition) is 2. The minimum atomic E-state index is -0.610. The monoisotopic (exact) mass is 351 g/mol. The van der Waals surface area contributed by atoms with Crippen LogP contribution in [0.5, 0.6) is 11.5 Å². The number of hydrogen-bond acceptors (Lipinski definition) is 5. The van der Waals surface area contributed by atoms with Crippen LogP contribution in [-0.4, -0.2) is 58.5 Å². The first-order valence-electron chi connectivity index (χ1n) is 8.21. The number of piperidine rings is 1. The summed E-state index contributed by atoms with van der Waals surface area (Å²) in [6.45, 7) is 2.47. The number of imidazole rings is 1. The number of aliphatic hydroxyl groups is 1. The Balaban J connectivity index is 1.63. The molecule has 0 amide bonds. The minimum absolute atomic E-state index is 0.138. The van der Waals surface area contributed by atoms with Gasteiger partial charge >= 0.3 is 5.69 Å². The lowest BCUT2D eigenvalue weighted by Gasteiger charge is -2.36. The third-order valence-corrected chi connectivity index (χ3v) is 4.39. The van der Waals surface area contributed by atoms with Gasteiger partial charge in [-0.15, -0.1) is 0 Å². The molecule has 1 aliphatic heterocycles. The van der Waals surface area contributed by atoms with E-state index in [1.165, 1.54) is 25.3 Å². The number of nitrogens with one attached hydrogen (secondary N) is 1. The van der Waals surface area contributed by atoms with E-state index in [2.05, 4.69) is 9.88 Å². The molecule has 8 heteroatoms. The fraction of sp³-hybridized carbons (Fsp3) is 0.471. The van der Waals surface area contributed by atoms with Gasteiger partial charge in [0.05, 0.1) is 13.2 Å². The Kier molecular flexibility index (Phi) is 5.40. The average molecular weight is 351 g/mol. The molecule has 0 radical (unpaired) electrons. The summed E-state index contributed by atoms with van der Waals surface area (Å²) >= 11 is 0. The lowest BCUT2D eigenvalue weighted by atomic mass is 10.0. The van der Waals surface area contributed by atoms with Crippen molar-refractivity contribution >= 4 is 0 Å². The topological polar surface area (TPSA) is 79.7 Å². The molecule has 0 saturated carbocycles. The zero-order chi connectivity index (χ0) is 17.8. The van der Waals surface area contributed by atoms with E-state index in [1.54, 1.807) is 17.0 Å². The molecule has 1 saturated heterocycles. The normalized spacial score (nSPS) is 21.2. The third-order valence-electron chi connectivity index (χ3n) is 4.39. The smallest absolute Gasteiger partial charge is 0.325 e. The third kappa shape index (κ3) is 4.21. The van der Waals surface area contributed by atoms with E-state index in [4.69, 9.17) is 9.47 Å². The Hall–Kier alpha value is -2.32. The van der Waals surface area contributed by atoms with Crippen LogP contribution in [-0.2, 0) is 6.54 Å². The van der Waals surface area contributed by atoms with E-state index in [9.17, 15) is 14.3 Å². The zero-order valence-electron chi connectivity index (χ0n) is 14.0. The molecule has 1 aliphatic rings. The molecule has 0 bridgehead atoms. The second-order valence-corrected chi connectivity index (χ2v) is 6.07. The molecule has 7 nitrogen and oxygen atoms in total. The molecule has 136 valence electrons. The number of likely N-dealkylation sites (tertiary alicyclic amines) is 1. The van der Waals surface area contributed by atoms with Crippen LogP contribution >= 0.6 is 0 Å². The first-order valence-corrected chi connectivity index (χ1v) is 8.21. The summed E-state index contributed by atoms with van der Waals surface area (Å²) in [4.78, 5) is 16.3. The molecular formula is C17H22FN3O4. The number of ether oxygens (including phenoxy) is 2. The maximum atomic E-state index is 13.3. The van der Waals surface area contributed by atoms with Crippen molar-refractivity contribution in [1.82, 2.24) is 14.5 Å². The summed E-state index contributed by atoms with van der Waals surface area (Å²) in [5.41, 5.74) is -0.138. The van der Waals surface area contributed by atoms with E-state index in [1.807, 2.05) is 0 Å². The highest BCUT2D eigenvalue weighted by atomic mass is 19.1. The first-order chi connectivity index (χ1) is 12.1. The molecule has 1 aromatic carbocycles. The average Bonchev–Trinajstić information content (AvgIpc) is 3.02. The fourth-order valence-electron chi connectivity index (χ4n) is 2.96. The summed E-state index contributed by atoms with van der Waals surface area (Å²) in [6.07, 6.45) is 2.82. The van der Waals surface area contributed by atoms with Crippen molar-refractivity contribution in [3.05, 3.63) is 46.9 Å². The van der Waals surface area contributed by atoms with Crippen LogP contribution in [0.2, 0.25) is 0 Å². The van der Waals surface area contributed by atoms with Crippen LogP contribution in [0.15, 0.2) is 35.4 Å². The van der Waals surface area contributed by atoms with Gasteiger partial charge in [0.15, 0.2) is 11.5 Å². The number of aliphatic hydroxyl groups excluding tert-OH is 1. The van der Waals surface area contributed by atoms with Gasteiger partial charge in [0.25, 0.3) is 0 Å². The van der Waals surface area contributed by atoms with E-state index in [0.29, 0.717) is 37.6 Å². The highest BCUT2D eigenvalue weighted by Crippen LogP contribution is 2.30. The molecule has 2 N–H and O–H groups in total. The lowest BCUT2D eigenvalue weighted by molar-refractivity contribution is -0.0261. The van der Waals surface area contributed by atoms with Crippen molar-refractivity contribution in [3.63, 3.8) is 0 Å². The second kappa shape index (κ2) is 7.71. The van der Waals surface area contributed by atoms with E-state index >= 15 is 0 Å². The molecule has 3 rings (SSSR count). The van der Waals surface area contributed by atoms with Gasteiger partial charge in [0, 0.05) is 44.6 Å². The van der Waals surface area contributed by atoms with Crippen LogP contribution in [0.1, 0.15) is 6.42 Å². The summed E-state index contributed by atoms with van der Waals surface area (Å²) in [6, 6.07) is 4.04. The summed E-state index contributed by atoms with van der Waals surface area (Å²) in [7, 11) is 1.44.